The van der Waals surface area contributed by atoms with Crippen LogP contribution in [0.2, 0.25) is 0 Å². The Hall–Kier alpha value is -4.47. The van der Waals surface area contributed by atoms with Crippen molar-refractivity contribution in [2.45, 2.75) is 74.7 Å². The number of fused-ring (bicyclic) bond motifs is 3. The number of nitrogens with zero attached hydrogens (tertiary/aromatic N) is 4. The van der Waals surface area contributed by atoms with Gasteiger partial charge >= 0.3 is 21.1 Å². The van der Waals surface area contributed by atoms with Crippen molar-refractivity contribution in [2.24, 2.45) is 11.3 Å². The van der Waals surface area contributed by atoms with Crippen LogP contribution in [0, 0.1) is 44.2 Å². The molecule has 51 heavy (non-hydrogen) atoms. The zero-order chi connectivity index (χ0) is 35.3. The standard InChI is InChI=1S/C45H46N4O.Pt/c1-10-33-23-36(49-32(6)44(31(5)47-49)34-14-12-11-13-15-34)26-38(24-33)50-37-17-18-39-40-25-35(29(3)30(4)45(7,8)9)16-19-41(40)48(42(39)27-37)43-22-28(2)20-21-46-43;/h11-25,29-30H,10H2,1-9H3;/q-2;+2. The molecule has 0 fully saturated rings. The molecule has 6 heteroatoms. The Bertz CT molecular complexity index is 2340. The zero-order valence-corrected chi connectivity index (χ0v) is 33.3. The first-order valence-electron chi connectivity index (χ1n) is 17.7. The van der Waals surface area contributed by atoms with Crippen LogP contribution in [0.3, 0.4) is 0 Å². The van der Waals surface area contributed by atoms with Crippen LogP contribution in [-0.2, 0) is 27.5 Å². The molecule has 0 saturated heterocycles. The Kier molecular flexibility index (Phi) is 10.2. The van der Waals surface area contributed by atoms with Gasteiger partial charge in [0.1, 0.15) is 5.82 Å². The van der Waals surface area contributed by atoms with Crippen molar-refractivity contribution < 1.29 is 25.8 Å². The van der Waals surface area contributed by atoms with Crippen LogP contribution in [0.5, 0.6) is 11.5 Å². The molecule has 0 saturated carbocycles. The molecular formula is C45H46N4OPt. The van der Waals surface area contributed by atoms with Crippen LogP contribution in [0.4, 0.5) is 0 Å². The monoisotopic (exact) mass is 853 g/mol. The predicted molar refractivity (Wildman–Crippen MR) is 206 cm³/mol. The topological polar surface area (TPSA) is 44.9 Å². The van der Waals surface area contributed by atoms with Gasteiger partial charge in [0, 0.05) is 34.5 Å². The predicted octanol–water partition coefficient (Wildman–Crippen LogP) is 11.7. The van der Waals surface area contributed by atoms with Gasteiger partial charge in [-0.3, -0.25) is 4.68 Å². The van der Waals surface area contributed by atoms with Gasteiger partial charge in [-0.15, -0.1) is 35.7 Å². The van der Waals surface area contributed by atoms with E-state index >= 15 is 0 Å². The number of aromatic nitrogens is 4. The van der Waals surface area contributed by atoms with Crippen LogP contribution >= 0.6 is 0 Å². The Labute approximate surface area is 317 Å². The van der Waals surface area contributed by atoms with Gasteiger partial charge < -0.3 is 9.30 Å². The fraction of sp³-hybridized carbons (Fsp3) is 0.289. The minimum absolute atomic E-state index is 0. The van der Waals surface area contributed by atoms with E-state index < -0.39 is 0 Å². The number of ether oxygens (including phenoxy) is 1. The molecular weight excluding hydrogens is 808 g/mol. The van der Waals surface area contributed by atoms with Gasteiger partial charge in [-0.2, -0.15) is 16.7 Å². The first-order chi connectivity index (χ1) is 23.9. The summed E-state index contributed by atoms with van der Waals surface area (Å²) in [6, 6.07) is 37.1. The average molecular weight is 854 g/mol. The molecule has 0 spiro atoms. The van der Waals surface area contributed by atoms with Crippen molar-refractivity contribution in [3.05, 3.63) is 131 Å². The van der Waals surface area contributed by atoms with E-state index in [4.69, 9.17) is 14.8 Å². The minimum Gasteiger partial charge on any atom is -0.509 e. The number of hydrogen-bond acceptors (Lipinski definition) is 3. The number of benzene rings is 4. The zero-order valence-electron chi connectivity index (χ0n) is 31.0. The van der Waals surface area contributed by atoms with Gasteiger partial charge in [0.25, 0.3) is 0 Å². The first kappa shape index (κ1) is 36.3. The van der Waals surface area contributed by atoms with Crippen molar-refractivity contribution in [3.63, 3.8) is 0 Å². The van der Waals surface area contributed by atoms with Crippen molar-refractivity contribution in [2.75, 3.05) is 0 Å². The van der Waals surface area contributed by atoms with E-state index in [1.165, 1.54) is 10.9 Å². The van der Waals surface area contributed by atoms with Gasteiger partial charge in [0.15, 0.2) is 0 Å². The molecule has 2 atom stereocenters. The maximum absolute atomic E-state index is 6.61. The molecule has 0 radical (unpaired) electrons. The Morgan fingerprint density at radius 3 is 2.29 bits per heavy atom. The molecule has 3 aromatic heterocycles. The van der Waals surface area contributed by atoms with E-state index in [1.54, 1.807) is 0 Å². The maximum Gasteiger partial charge on any atom is 2.00 e. The van der Waals surface area contributed by atoms with Crippen molar-refractivity contribution in [1.29, 1.82) is 0 Å². The summed E-state index contributed by atoms with van der Waals surface area (Å²) in [6.07, 6.45) is 2.73. The maximum atomic E-state index is 6.61. The van der Waals surface area contributed by atoms with Crippen molar-refractivity contribution in [3.8, 4) is 34.1 Å². The van der Waals surface area contributed by atoms with Crippen LogP contribution in [0.25, 0.3) is 44.4 Å². The molecule has 0 aliphatic heterocycles. The summed E-state index contributed by atoms with van der Waals surface area (Å²) in [6.45, 7) is 20.1. The van der Waals surface area contributed by atoms with Gasteiger partial charge in [0.2, 0.25) is 0 Å². The molecule has 5 nitrogen and oxygen atoms in total. The van der Waals surface area contributed by atoms with Gasteiger partial charge in [-0.1, -0.05) is 95.9 Å². The molecule has 4 aromatic carbocycles. The van der Waals surface area contributed by atoms with Crippen LogP contribution < -0.4 is 4.74 Å². The normalized spacial score (nSPS) is 13.0. The average Bonchev–Trinajstić information content (AvgIpc) is 3.59. The fourth-order valence-electron chi connectivity index (χ4n) is 7.18. The summed E-state index contributed by atoms with van der Waals surface area (Å²) in [4.78, 5) is 4.81. The Morgan fingerprint density at radius 1 is 0.824 bits per heavy atom. The van der Waals surface area contributed by atoms with E-state index in [1.807, 2.05) is 29.1 Å². The summed E-state index contributed by atoms with van der Waals surface area (Å²) in [5.41, 5.74) is 11.1. The van der Waals surface area contributed by atoms with E-state index in [9.17, 15) is 0 Å². The SMILES string of the molecule is CCc1cc(Oc2[c-]c3c(cc2)c2cc(C(C)C(C)C(C)(C)C)ccc2n3-c2cc(C)ccn2)[c-]c(-n2nc(C)c(-c3ccccc3)c2C)c1.[Pt+2]. The Morgan fingerprint density at radius 2 is 1.59 bits per heavy atom. The summed E-state index contributed by atoms with van der Waals surface area (Å²) < 4.78 is 10.8. The molecule has 0 aliphatic rings. The Balaban J connectivity index is 0.00000448. The summed E-state index contributed by atoms with van der Waals surface area (Å²) in [5.74, 6) is 3.04. The van der Waals surface area contributed by atoms with E-state index in [0.717, 1.165) is 68.0 Å². The molecule has 0 aliphatic carbocycles. The largest absolute Gasteiger partial charge is 2.00 e. The van der Waals surface area contributed by atoms with Crippen molar-refractivity contribution >= 4 is 21.8 Å². The third kappa shape index (κ3) is 6.94. The summed E-state index contributed by atoms with van der Waals surface area (Å²) in [7, 11) is 0. The number of aryl methyl sites for hydroxylation is 3. The molecule has 0 bridgehead atoms. The minimum atomic E-state index is 0. The smallest absolute Gasteiger partial charge is 0.509 e. The molecule has 0 amide bonds. The van der Waals surface area contributed by atoms with Crippen LogP contribution in [0.1, 0.15) is 75.5 Å². The quantitative estimate of drug-likeness (QED) is 0.143. The number of pyridine rings is 1. The molecule has 7 rings (SSSR count). The van der Waals surface area contributed by atoms with Crippen LogP contribution in [0.15, 0.2) is 91.1 Å². The van der Waals surface area contributed by atoms with Gasteiger partial charge in [-0.25, -0.2) is 4.98 Å². The molecule has 0 N–H and O–H groups in total. The van der Waals surface area contributed by atoms with Crippen molar-refractivity contribution in [1.82, 2.24) is 19.3 Å². The molecule has 262 valence electrons. The molecule has 3 heterocycles. The van der Waals surface area contributed by atoms with E-state index in [-0.39, 0.29) is 26.5 Å². The second kappa shape index (κ2) is 14.3. The van der Waals surface area contributed by atoms with E-state index in [2.05, 4.69) is 146 Å². The number of rotatable bonds is 8. The van der Waals surface area contributed by atoms with Gasteiger partial charge in [-0.05, 0) is 84.0 Å². The second-order valence-electron chi connectivity index (χ2n) is 14.8. The molecule has 7 aromatic rings. The van der Waals surface area contributed by atoms with E-state index in [0.29, 0.717) is 23.3 Å². The van der Waals surface area contributed by atoms with Crippen LogP contribution in [-0.4, -0.2) is 19.3 Å². The third-order valence-electron chi connectivity index (χ3n) is 10.5. The number of hydrogen-bond donors (Lipinski definition) is 0. The second-order valence-corrected chi connectivity index (χ2v) is 14.8. The third-order valence-corrected chi connectivity index (χ3v) is 10.5. The fourth-order valence-corrected chi connectivity index (χ4v) is 7.18. The summed E-state index contributed by atoms with van der Waals surface area (Å²) >= 11 is 0. The van der Waals surface area contributed by atoms with Gasteiger partial charge in [0.05, 0.1) is 5.69 Å². The first-order valence-corrected chi connectivity index (χ1v) is 17.7. The molecule has 2 unspecified atom stereocenters. The summed E-state index contributed by atoms with van der Waals surface area (Å²) in [5, 5.41) is 7.27.